The monoisotopic (exact) mass is 351 g/mol. The van der Waals surface area contributed by atoms with E-state index in [1.807, 2.05) is 36.4 Å². The van der Waals surface area contributed by atoms with E-state index in [2.05, 4.69) is 5.32 Å². The molecule has 0 spiro atoms. The van der Waals surface area contributed by atoms with Gasteiger partial charge in [-0.1, -0.05) is 23.2 Å². The van der Waals surface area contributed by atoms with Gasteiger partial charge in [0.25, 0.3) is 0 Å². The highest BCUT2D eigenvalue weighted by atomic mass is 35.5. The molecule has 1 aliphatic rings. The lowest BCUT2D eigenvalue weighted by Crippen LogP contribution is -2.16. The van der Waals surface area contributed by atoms with Crippen molar-refractivity contribution >= 4 is 28.9 Å². The van der Waals surface area contributed by atoms with Crippen molar-refractivity contribution in [3.8, 4) is 5.75 Å². The van der Waals surface area contributed by atoms with E-state index in [0.29, 0.717) is 23.2 Å². The molecule has 1 aliphatic heterocycles. The van der Waals surface area contributed by atoms with E-state index in [1.54, 1.807) is 6.07 Å². The summed E-state index contributed by atoms with van der Waals surface area (Å²) in [5, 5.41) is 4.63. The zero-order valence-electron chi connectivity index (χ0n) is 12.7. The molecule has 2 aromatic carbocycles. The third-order valence-corrected chi connectivity index (χ3v) is 4.17. The highest BCUT2D eigenvalue weighted by Crippen LogP contribution is 2.21. The fraction of sp³-hybridized carbons (Fsp3) is 0.333. The number of anilines is 1. The predicted octanol–water partition coefficient (Wildman–Crippen LogP) is 5.16. The van der Waals surface area contributed by atoms with Crippen LogP contribution in [0.1, 0.15) is 18.4 Å². The SMILES string of the molecule is Clc1cc(Cl)cc(CNc2ccc(OCC3CCCO3)cc2)c1. The second-order valence-corrected chi connectivity index (χ2v) is 6.47. The maximum Gasteiger partial charge on any atom is 0.119 e. The first-order valence-corrected chi connectivity index (χ1v) is 8.48. The molecule has 5 heteroatoms. The molecular weight excluding hydrogens is 333 g/mol. The molecule has 0 radical (unpaired) electrons. The number of hydrogen-bond acceptors (Lipinski definition) is 3. The molecule has 0 bridgehead atoms. The van der Waals surface area contributed by atoms with Crippen molar-refractivity contribution in [2.45, 2.75) is 25.5 Å². The standard InChI is InChI=1S/C18H19Cl2NO2/c19-14-8-13(9-15(20)10-14)11-21-16-3-5-17(6-4-16)23-12-18-2-1-7-22-18/h3-6,8-10,18,21H,1-2,7,11-12H2. The lowest BCUT2D eigenvalue weighted by molar-refractivity contribution is 0.0679. The second kappa shape index (κ2) is 7.91. The number of rotatable bonds is 6. The Kier molecular flexibility index (Phi) is 5.65. The number of benzene rings is 2. The van der Waals surface area contributed by atoms with Gasteiger partial charge in [0.05, 0.1) is 6.10 Å². The highest BCUT2D eigenvalue weighted by molar-refractivity contribution is 6.34. The summed E-state index contributed by atoms with van der Waals surface area (Å²) < 4.78 is 11.3. The van der Waals surface area contributed by atoms with Crippen molar-refractivity contribution in [3.63, 3.8) is 0 Å². The number of nitrogens with one attached hydrogen (secondary N) is 1. The molecule has 1 N–H and O–H groups in total. The molecule has 0 saturated carbocycles. The topological polar surface area (TPSA) is 30.5 Å². The zero-order valence-corrected chi connectivity index (χ0v) is 14.2. The molecule has 122 valence electrons. The molecule has 1 heterocycles. The maximum absolute atomic E-state index is 6.00. The van der Waals surface area contributed by atoms with Gasteiger partial charge < -0.3 is 14.8 Å². The van der Waals surface area contributed by atoms with Crippen LogP contribution in [0.5, 0.6) is 5.75 Å². The summed E-state index contributed by atoms with van der Waals surface area (Å²) in [4.78, 5) is 0. The van der Waals surface area contributed by atoms with E-state index in [-0.39, 0.29) is 6.10 Å². The molecule has 1 atom stereocenters. The van der Waals surface area contributed by atoms with Crippen LogP contribution in [0.3, 0.4) is 0 Å². The summed E-state index contributed by atoms with van der Waals surface area (Å²) in [6, 6.07) is 13.4. The van der Waals surface area contributed by atoms with Crippen molar-refractivity contribution in [1.82, 2.24) is 0 Å². The van der Waals surface area contributed by atoms with Gasteiger partial charge in [-0.25, -0.2) is 0 Å². The van der Waals surface area contributed by atoms with E-state index >= 15 is 0 Å². The van der Waals surface area contributed by atoms with Crippen LogP contribution in [0.15, 0.2) is 42.5 Å². The predicted molar refractivity (Wildman–Crippen MR) is 94.7 cm³/mol. The first-order chi connectivity index (χ1) is 11.2. The van der Waals surface area contributed by atoms with Gasteiger partial charge in [-0.3, -0.25) is 0 Å². The highest BCUT2D eigenvalue weighted by Gasteiger charge is 2.15. The van der Waals surface area contributed by atoms with Crippen LogP contribution in [0.4, 0.5) is 5.69 Å². The second-order valence-electron chi connectivity index (χ2n) is 5.60. The van der Waals surface area contributed by atoms with E-state index < -0.39 is 0 Å². The summed E-state index contributed by atoms with van der Waals surface area (Å²) in [6.07, 6.45) is 2.45. The Labute approximate surface area is 146 Å². The van der Waals surface area contributed by atoms with Gasteiger partial charge in [0.15, 0.2) is 0 Å². The lowest BCUT2D eigenvalue weighted by Gasteiger charge is -2.12. The molecule has 1 fully saturated rings. The molecule has 0 aromatic heterocycles. The number of hydrogen-bond donors (Lipinski definition) is 1. The van der Waals surface area contributed by atoms with Gasteiger partial charge in [-0.05, 0) is 60.9 Å². The van der Waals surface area contributed by atoms with Crippen molar-refractivity contribution in [2.75, 3.05) is 18.5 Å². The fourth-order valence-corrected chi connectivity index (χ4v) is 3.12. The van der Waals surface area contributed by atoms with Crippen molar-refractivity contribution in [2.24, 2.45) is 0 Å². The first-order valence-electron chi connectivity index (χ1n) is 7.72. The van der Waals surface area contributed by atoms with Gasteiger partial charge in [-0.2, -0.15) is 0 Å². The first kappa shape index (κ1) is 16.4. The largest absolute Gasteiger partial charge is 0.491 e. The number of ether oxygens (including phenoxy) is 2. The third-order valence-electron chi connectivity index (χ3n) is 3.73. The Morgan fingerprint density at radius 2 is 1.83 bits per heavy atom. The maximum atomic E-state index is 6.00. The molecule has 3 rings (SSSR count). The van der Waals surface area contributed by atoms with E-state index in [1.165, 1.54) is 0 Å². The molecule has 0 aliphatic carbocycles. The summed E-state index contributed by atoms with van der Waals surface area (Å²) in [6.45, 7) is 2.13. The van der Waals surface area contributed by atoms with Crippen LogP contribution in [-0.2, 0) is 11.3 Å². The van der Waals surface area contributed by atoms with Gasteiger partial charge in [0, 0.05) is 28.9 Å². The smallest absolute Gasteiger partial charge is 0.119 e. The Morgan fingerprint density at radius 1 is 1.09 bits per heavy atom. The summed E-state index contributed by atoms with van der Waals surface area (Å²) >= 11 is 12.0. The van der Waals surface area contributed by atoms with Gasteiger partial charge in [0.2, 0.25) is 0 Å². The van der Waals surface area contributed by atoms with Crippen molar-refractivity contribution < 1.29 is 9.47 Å². The lowest BCUT2D eigenvalue weighted by atomic mass is 10.2. The quantitative estimate of drug-likeness (QED) is 0.779. The van der Waals surface area contributed by atoms with Gasteiger partial charge in [-0.15, -0.1) is 0 Å². The van der Waals surface area contributed by atoms with Crippen LogP contribution in [-0.4, -0.2) is 19.3 Å². The third kappa shape index (κ3) is 5.03. The molecular formula is C18H19Cl2NO2. The van der Waals surface area contributed by atoms with E-state index in [9.17, 15) is 0 Å². The molecule has 2 aromatic rings. The Hall–Kier alpha value is -1.42. The van der Waals surface area contributed by atoms with Crippen LogP contribution in [0, 0.1) is 0 Å². The molecule has 1 unspecified atom stereocenters. The normalized spacial score (nSPS) is 17.2. The van der Waals surface area contributed by atoms with E-state index in [4.69, 9.17) is 32.7 Å². The van der Waals surface area contributed by atoms with Gasteiger partial charge in [0.1, 0.15) is 12.4 Å². The minimum absolute atomic E-state index is 0.236. The minimum atomic E-state index is 0.236. The Balaban J connectivity index is 1.50. The summed E-state index contributed by atoms with van der Waals surface area (Å²) in [5.74, 6) is 0.858. The van der Waals surface area contributed by atoms with Crippen LogP contribution >= 0.6 is 23.2 Å². The minimum Gasteiger partial charge on any atom is -0.491 e. The van der Waals surface area contributed by atoms with Crippen molar-refractivity contribution in [3.05, 3.63) is 58.1 Å². The average Bonchev–Trinajstić information content (AvgIpc) is 3.04. The fourth-order valence-electron chi connectivity index (χ4n) is 2.55. The Morgan fingerprint density at radius 3 is 2.48 bits per heavy atom. The average molecular weight is 352 g/mol. The van der Waals surface area contributed by atoms with Crippen LogP contribution in [0.2, 0.25) is 10.0 Å². The Bertz CT molecular complexity index is 620. The zero-order chi connectivity index (χ0) is 16.1. The number of halogens is 2. The van der Waals surface area contributed by atoms with E-state index in [0.717, 1.165) is 36.4 Å². The van der Waals surface area contributed by atoms with Crippen molar-refractivity contribution in [1.29, 1.82) is 0 Å². The van der Waals surface area contributed by atoms with Crippen LogP contribution in [0.25, 0.3) is 0 Å². The van der Waals surface area contributed by atoms with Crippen LogP contribution < -0.4 is 10.1 Å². The summed E-state index contributed by atoms with van der Waals surface area (Å²) in [5.41, 5.74) is 2.06. The molecule has 3 nitrogen and oxygen atoms in total. The summed E-state index contributed by atoms with van der Waals surface area (Å²) in [7, 11) is 0. The van der Waals surface area contributed by atoms with Gasteiger partial charge >= 0.3 is 0 Å². The molecule has 1 saturated heterocycles. The molecule has 0 amide bonds. The molecule has 23 heavy (non-hydrogen) atoms.